The molecule has 1 rings (SSSR count). The van der Waals surface area contributed by atoms with Crippen LogP contribution in [0.3, 0.4) is 0 Å². The number of esters is 2. The largest absolute Gasteiger partial charge is 0.457 e. The van der Waals surface area contributed by atoms with Gasteiger partial charge in [-0.2, -0.15) is 0 Å². The number of carbonyl (C=O) groups excluding carboxylic acids is 2. The Balaban J connectivity index is 2.62. The monoisotopic (exact) mass is 202 g/mol. The zero-order chi connectivity index (χ0) is 10.6. The van der Waals surface area contributed by atoms with Crippen LogP contribution in [0.2, 0.25) is 0 Å². The number of ether oxygens (including phenoxy) is 3. The van der Waals surface area contributed by atoms with E-state index in [4.69, 9.17) is 14.6 Å². The zero-order valence-electron chi connectivity index (χ0n) is 7.56. The second-order valence-electron chi connectivity index (χ2n) is 2.69. The molecule has 0 fully saturated rings. The van der Waals surface area contributed by atoms with Crippen molar-refractivity contribution < 1.29 is 28.9 Å². The Morgan fingerprint density at radius 2 is 2.43 bits per heavy atom. The van der Waals surface area contributed by atoms with Crippen molar-refractivity contribution >= 4 is 11.9 Å². The van der Waals surface area contributed by atoms with Gasteiger partial charge in [0, 0.05) is 6.92 Å². The molecule has 0 amide bonds. The molecule has 78 valence electrons. The average Bonchev–Trinajstić information content (AvgIpc) is 2.15. The Morgan fingerprint density at radius 3 is 2.93 bits per heavy atom. The molecule has 0 aromatic rings. The van der Waals surface area contributed by atoms with Crippen molar-refractivity contribution in [2.75, 3.05) is 13.2 Å². The highest BCUT2D eigenvalue weighted by Gasteiger charge is 2.38. The van der Waals surface area contributed by atoms with Gasteiger partial charge in [-0.25, -0.2) is 4.79 Å². The van der Waals surface area contributed by atoms with E-state index in [0.717, 1.165) is 12.3 Å². The van der Waals surface area contributed by atoms with Crippen molar-refractivity contribution in [3.05, 3.63) is 12.3 Å². The molecule has 0 saturated heterocycles. The number of aliphatic hydroxyl groups excluding tert-OH is 1. The van der Waals surface area contributed by atoms with Crippen LogP contribution in [0.25, 0.3) is 0 Å². The third-order valence-corrected chi connectivity index (χ3v) is 1.51. The van der Waals surface area contributed by atoms with Crippen LogP contribution in [0.4, 0.5) is 0 Å². The summed E-state index contributed by atoms with van der Waals surface area (Å²) in [6, 6.07) is 0. The standard InChI is InChI=1S/C8H10O6/c1-6(10)12-5-8(4-9)13-3-2-7(11)14-8/h2-3,9H,4-5H2,1H3/t8-/m1/s1. The number of hydrogen-bond donors (Lipinski definition) is 1. The predicted octanol–water partition coefficient (Wildman–Crippen LogP) is -0.675. The zero-order valence-corrected chi connectivity index (χ0v) is 7.56. The smallest absolute Gasteiger partial charge is 0.337 e. The van der Waals surface area contributed by atoms with Gasteiger partial charge in [-0.3, -0.25) is 4.79 Å². The van der Waals surface area contributed by atoms with E-state index in [1.807, 2.05) is 0 Å². The van der Waals surface area contributed by atoms with E-state index in [1.165, 1.54) is 6.92 Å². The molecule has 6 heteroatoms. The van der Waals surface area contributed by atoms with Gasteiger partial charge in [0.1, 0.15) is 6.61 Å². The lowest BCUT2D eigenvalue weighted by Gasteiger charge is -2.31. The molecule has 0 unspecified atom stereocenters. The second-order valence-corrected chi connectivity index (χ2v) is 2.69. The van der Waals surface area contributed by atoms with Gasteiger partial charge in [-0.15, -0.1) is 0 Å². The van der Waals surface area contributed by atoms with Crippen LogP contribution in [-0.4, -0.2) is 36.0 Å². The maximum atomic E-state index is 10.8. The van der Waals surface area contributed by atoms with Crippen molar-refractivity contribution in [2.24, 2.45) is 0 Å². The van der Waals surface area contributed by atoms with Crippen molar-refractivity contribution in [1.82, 2.24) is 0 Å². The summed E-state index contributed by atoms with van der Waals surface area (Å²) in [5.74, 6) is -2.80. The van der Waals surface area contributed by atoms with Crippen LogP contribution in [0.15, 0.2) is 12.3 Å². The van der Waals surface area contributed by atoms with E-state index < -0.39 is 24.3 Å². The maximum absolute atomic E-state index is 10.8. The van der Waals surface area contributed by atoms with Gasteiger partial charge in [0.2, 0.25) is 0 Å². The molecule has 0 saturated carbocycles. The molecule has 1 aliphatic heterocycles. The van der Waals surface area contributed by atoms with E-state index in [-0.39, 0.29) is 6.61 Å². The molecule has 1 N–H and O–H groups in total. The average molecular weight is 202 g/mol. The summed E-state index contributed by atoms with van der Waals surface area (Å²) in [4.78, 5) is 21.3. The summed E-state index contributed by atoms with van der Waals surface area (Å²) in [5.41, 5.74) is 0. The van der Waals surface area contributed by atoms with Crippen molar-refractivity contribution in [1.29, 1.82) is 0 Å². The summed E-state index contributed by atoms with van der Waals surface area (Å²) in [6.45, 7) is 0.275. The van der Waals surface area contributed by atoms with Crippen LogP contribution in [-0.2, 0) is 23.8 Å². The first kappa shape index (κ1) is 10.5. The first-order valence-corrected chi connectivity index (χ1v) is 3.89. The lowest BCUT2D eigenvalue weighted by Crippen LogP contribution is -2.46. The SMILES string of the molecule is CC(=O)OC[C@]1(CO)OC=CC(=O)O1. The van der Waals surface area contributed by atoms with E-state index >= 15 is 0 Å². The summed E-state index contributed by atoms with van der Waals surface area (Å²) >= 11 is 0. The number of cyclic esters (lactones) is 1. The van der Waals surface area contributed by atoms with E-state index in [0.29, 0.717) is 0 Å². The van der Waals surface area contributed by atoms with Gasteiger partial charge in [-0.05, 0) is 0 Å². The van der Waals surface area contributed by atoms with Gasteiger partial charge in [0.25, 0.3) is 0 Å². The van der Waals surface area contributed by atoms with Crippen LogP contribution >= 0.6 is 0 Å². The lowest BCUT2D eigenvalue weighted by atomic mass is 10.3. The van der Waals surface area contributed by atoms with Crippen molar-refractivity contribution in [2.45, 2.75) is 12.7 Å². The first-order valence-electron chi connectivity index (χ1n) is 3.89. The van der Waals surface area contributed by atoms with Crippen molar-refractivity contribution in [3.8, 4) is 0 Å². The number of hydrogen-bond acceptors (Lipinski definition) is 6. The molecule has 0 spiro atoms. The Hall–Kier alpha value is -1.56. The minimum atomic E-state index is -1.60. The number of carbonyl (C=O) groups is 2. The quantitative estimate of drug-likeness (QED) is 0.611. The molecule has 6 nitrogen and oxygen atoms in total. The van der Waals surface area contributed by atoms with Crippen LogP contribution in [0, 0.1) is 0 Å². The molecule has 1 atom stereocenters. The normalized spacial score (nSPS) is 25.1. The van der Waals surface area contributed by atoms with Crippen LogP contribution < -0.4 is 0 Å². The topological polar surface area (TPSA) is 82.1 Å². The maximum Gasteiger partial charge on any atom is 0.337 e. The Bertz CT molecular complexity index is 271. The fourth-order valence-electron chi connectivity index (χ4n) is 0.845. The molecule has 0 radical (unpaired) electrons. The minimum absolute atomic E-state index is 0.338. The van der Waals surface area contributed by atoms with E-state index in [1.54, 1.807) is 0 Å². The highest BCUT2D eigenvalue weighted by molar-refractivity contribution is 5.82. The minimum Gasteiger partial charge on any atom is -0.457 e. The molecular weight excluding hydrogens is 192 g/mol. The van der Waals surface area contributed by atoms with E-state index in [9.17, 15) is 9.59 Å². The Labute approximate surface area is 80.1 Å². The van der Waals surface area contributed by atoms with Crippen LogP contribution in [0.1, 0.15) is 6.92 Å². The first-order chi connectivity index (χ1) is 6.58. The highest BCUT2D eigenvalue weighted by Crippen LogP contribution is 2.18. The summed E-state index contributed by atoms with van der Waals surface area (Å²) in [5, 5.41) is 8.94. The summed E-state index contributed by atoms with van der Waals surface area (Å²) in [6.07, 6.45) is 2.15. The fraction of sp³-hybridized carbons (Fsp3) is 0.500. The van der Waals surface area contributed by atoms with Crippen LogP contribution in [0.5, 0.6) is 0 Å². The number of aliphatic hydroxyl groups is 1. The molecule has 14 heavy (non-hydrogen) atoms. The third kappa shape index (κ3) is 2.46. The Morgan fingerprint density at radius 1 is 1.71 bits per heavy atom. The summed E-state index contributed by atoms with van der Waals surface area (Å²) in [7, 11) is 0. The van der Waals surface area contributed by atoms with Gasteiger partial charge < -0.3 is 19.3 Å². The molecule has 0 aromatic carbocycles. The fourth-order valence-corrected chi connectivity index (χ4v) is 0.845. The predicted molar refractivity (Wildman–Crippen MR) is 42.8 cm³/mol. The third-order valence-electron chi connectivity index (χ3n) is 1.51. The van der Waals surface area contributed by atoms with Gasteiger partial charge in [-0.1, -0.05) is 0 Å². The second kappa shape index (κ2) is 4.10. The number of rotatable bonds is 3. The molecule has 1 aliphatic rings. The molecule has 0 bridgehead atoms. The molecule has 1 heterocycles. The molecule has 0 aromatic heterocycles. The van der Waals surface area contributed by atoms with E-state index in [2.05, 4.69) is 4.74 Å². The van der Waals surface area contributed by atoms with Gasteiger partial charge in [0.05, 0.1) is 12.3 Å². The molecular formula is C8H10O6. The lowest BCUT2D eigenvalue weighted by molar-refractivity contribution is -0.246. The summed E-state index contributed by atoms with van der Waals surface area (Å²) < 4.78 is 14.2. The van der Waals surface area contributed by atoms with Gasteiger partial charge >= 0.3 is 17.7 Å². The van der Waals surface area contributed by atoms with Gasteiger partial charge in [0.15, 0.2) is 6.61 Å². The molecule has 0 aliphatic carbocycles. The Kier molecular flexibility index (Phi) is 3.08. The highest BCUT2D eigenvalue weighted by atomic mass is 16.7. The van der Waals surface area contributed by atoms with Crippen molar-refractivity contribution in [3.63, 3.8) is 0 Å².